The topological polar surface area (TPSA) is 21.3 Å². The molecule has 0 aromatic heterocycles. The third-order valence-corrected chi connectivity index (χ3v) is 1.85. The summed E-state index contributed by atoms with van der Waals surface area (Å²) in [5, 5.41) is 3.09. The van der Waals surface area contributed by atoms with Crippen molar-refractivity contribution in [3.63, 3.8) is 0 Å². The molecule has 1 aromatic carbocycles. The minimum absolute atomic E-state index is 0. The van der Waals surface area contributed by atoms with Crippen molar-refractivity contribution < 1.29 is 4.74 Å². The molecule has 0 aliphatic carbocycles. The van der Waals surface area contributed by atoms with Crippen LogP contribution in [0.2, 0.25) is 0 Å². The number of rotatable bonds is 4. The van der Waals surface area contributed by atoms with Gasteiger partial charge in [0.1, 0.15) is 0 Å². The van der Waals surface area contributed by atoms with Gasteiger partial charge in [0, 0.05) is 13.7 Å². The maximum absolute atomic E-state index is 5.31. The predicted octanol–water partition coefficient (Wildman–Crippen LogP) is 2.02. The Morgan fingerprint density at radius 2 is 1.92 bits per heavy atom. The Morgan fingerprint density at radius 1 is 1.31 bits per heavy atom. The molecule has 2 nitrogen and oxygen atoms in total. The first-order valence-corrected chi connectivity index (χ1v) is 4.11. The first-order chi connectivity index (χ1) is 5.88. The van der Waals surface area contributed by atoms with Gasteiger partial charge >= 0.3 is 0 Å². The van der Waals surface area contributed by atoms with Crippen molar-refractivity contribution in [3.05, 3.63) is 35.9 Å². The second-order valence-electron chi connectivity index (χ2n) is 2.69. The van der Waals surface area contributed by atoms with E-state index in [-0.39, 0.29) is 18.5 Å². The molecule has 1 atom stereocenters. The smallest absolute Gasteiger partial charge is 0.0945 e. The van der Waals surface area contributed by atoms with E-state index in [4.69, 9.17) is 4.74 Å². The molecule has 13 heavy (non-hydrogen) atoms. The van der Waals surface area contributed by atoms with Crippen LogP contribution in [0.25, 0.3) is 0 Å². The Kier molecular flexibility index (Phi) is 6.59. The fraction of sp³-hybridized carbons (Fsp3) is 0.400. The van der Waals surface area contributed by atoms with Crippen molar-refractivity contribution in [1.29, 1.82) is 0 Å². The molecule has 0 aliphatic rings. The van der Waals surface area contributed by atoms with Gasteiger partial charge in [-0.05, 0) is 12.6 Å². The van der Waals surface area contributed by atoms with Crippen LogP contribution in [0.1, 0.15) is 11.7 Å². The van der Waals surface area contributed by atoms with E-state index in [1.807, 2.05) is 25.2 Å². The van der Waals surface area contributed by atoms with Crippen LogP contribution in [0.4, 0.5) is 0 Å². The fourth-order valence-electron chi connectivity index (χ4n) is 1.19. The number of benzene rings is 1. The first kappa shape index (κ1) is 12.4. The summed E-state index contributed by atoms with van der Waals surface area (Å²) in [7, 11) is 3.66. The Bertz CT molecular complexity index is 215. The van der Waals surface area contributed by atoms with E-state index >= 15 is 0 Å². The van der Waals surface area contributed by atoms with Gasteiger partial charge in [-0.25, -0.2) is 0 Å². The number of methoxy groups -OCH3 is 1. The zero-order valence-corrected chi connectivity index (χ0v) is 8.80. The molecule has 1 aromatic rings. The van der Waals surface area contributed by atoms with Gasteiger partial charge in [-0.15, -0.1) is 12.4 Å². The number of nitrogens with one attached hydrogen (secondary N) is 1. The number of hydrogen-bond acceptors (Lipinski definition) is 2. The Balaban J connectivity index is 0.00000144. The van der Waals surface area contributed by atoms with E-state index in [9.17, 15) is 0 Å². The van der Waals surface area contributed by atoms with Crippen LogP contribution in [0.5, 0.6) is 0 Å². The first-order valence-electron chi connectivity index (χ1n) is 4.11. The van der Waals surface area contributed by atoms with Crippen LogP contribution in [-0.4, -0.2) is 20.7 Å². The molecule has 0 radical (unpaired) electrons. The number of hydrogen-bond donors (Lipinski definition) is 1. The summed E-state index contributed by atoms with van der Waals surface area (Å²) in [6.07, 6.45) is 0.163. The number of likely N-dealkylation sites (N-methyl/N-ethyl adjacent to an activating group) is 1. The van der Waals surface area contributed by atoms with Gasteiger partial charge in [0.05, 0.1) is 6.10 Å². The molecule has 0 spiro atoms. The molecule has 74 valence electrons. The summed E-state index contributed by atoms with van der Waals surface area (Å²) in [6, 6.07) is 10.2. The molecule has 0 saturated carbocycles. The van der Waals surface area contributed by atoms with Gasteiger partial charge in [-0.3, -0.25) is 0 Å². The summed E-state index contributed by atoms with van der Waals surface area (Å²) in [4.78, 5) is 0. The zero-order valence-electron chi connectivity index (χ0n) is 7.99. The van der Waals surface area contributed by atoms with Gasteiger partial charge in [-0.1, -0.05) is 30.3 Å². The lowest BCUT2D eigenvalue weighted by Crippen LogP contribution is -2.18. The number of ether oxygens (including phenoxy) is 1. The summed E-state index contributed by atoms with van der Waals surface area (Å²) in [6.45, 7) is 0.848. The molecule has 1 N–H and O–H groups in total. The van der Waals surface area contributed by atoms with Crippen LogP contribution in [0, 0.1) is 0 Å². The predicted molar refractivity (Wildman–Crippen MR) is 57.4 cm³/mol. The van der Waals surface area contributed by atoms with E-state index in [0.717, 1.165) is 6.54 Å². The second-order valence-corrected chi connectivity index (χ2v) is 2.69. The Hall–Kier alpha value is -0.570. The molecular formula is C10H16ClNO. The van der Waals surface area contributed by atoms with Gasteiger partial charge < -0.3 is 10.1 Å². The molecule has 0 fully saturated rings. The third kappa shape index (κ3) is 3.77. The van der Waals surface area contributed by atoms with Crippen LogP contribution < -0.4 is 5.32 Å². The summed E-state index contributed by atoms with van der Waals surface area (Å²) in [5.41, 5.74) is 1.22. The van der Waals surface area contributed by atoms with Crippen molar-refractivity contribution >= 4 is 12.4 Å². The van der Waals surface area contributed by atoms with Crippen molar-refractivity contribution in [1.82, 2.24) is 5.32 Å². The molecule has 0 saturated heterocycles. The monoisotopic (exact) mass is 201 g/mol. The SMILES string of the molecule is CNCC(OC)c1ccccc1.Cl. The lowest BCUT2D eigenvalue weighted by Gasteiger charge is -2.14. The maximum Gasteiger partial charge on any atom is 0.0945 e. The highest BCUT2D eigenvalue weighted by atomic mass is 35.5. The quantitative estimate of drug-likeness (QED) is 0.805. The van der Waals surface area contributed by atoms with Gasteiger partial charge in [-0.2, -0.15) is 0 Å². The summed E-state index contributed by atoms with van der Waals surface area (Å²) >= 11 is 0. The molecule has 0 bridgehead atoms. The van der Waals surface area contributed by atoms with Crippen LogP contribution in [0.3, 0.4) is 0 Å². The van der Waals surface area contributed by atoms with Crippen LogP contribution in [-0.2, 0) is 4.74 Å². The number of halogens is 1. The van der Waals surface area contributed by atoms with Gasteiger partial charge in [0.2, 0.25) is 0 Å². The lowest BCUT2D eigenvalue weighted by atomic mass is 10.1. The molecule has 1 rings (SSSR count). The van der Waals surface area contributed by atoms with E-state index in [1.54, 1.807) is 7.11 Å². The third-order valence-electron chi connectivity index (χ3n) is 1.85. The molecule has 3 heteroatoms. The van der Waals surface area contributed by atoms with E-state index in [2.05, 4.69) is 17.4 Å². The highest BCUT2D eigenvalue weighted by Crippen LogP contribution is 2.14. The maximum atomic E-state index is 5.31. The summed E-state index contributed by atoms with van der Waals surface area (Å²) < 4.78 is 5.31. The van der Waals surface area contributed by atoms with Crippen molar-refractivity contribution in [3.8, 4) is 0 Å². The second kappa shape index (κ2) is 6.89. The molecule has 0 aliphatic heterocycles. The highest BCUT2D eigenvalue weighted by Gasteiger charge is 2.06. The average Bonchev–Trinajstić information content (AvgIpc) is 2.15. The lowest BCUT2D eigenvalue weighted by molar-refractivity contribution is 0.104. The zero-order chi connectivity index (χ0) is 8.81. The standard InChI is InChI=1S/C10H15NO.ClH/c1-11-8-10(12-2)9-6-4-3-5-7-9;/h3-7,10-11H,8H2,1-2H3;1H. The minimum atomic E-state index is 0. The molecular weight excluding hydrogens is 186 g/mol. The Labute approximate surface area is 85.7 Å². The average molecular weight is 202 g/mol. The molecule has 0 heterocycles. The van der Waals surface area contributed by atoms with Crippen LogP contribution >= 0.6 is 12.4 Å². The minimum Gasteiger partial charge on any atom is -0.375 e. The van der Waals surface area contributed by atoms with Gasteiger partial charge in [0.25, 0.3) is 0 Å². The van der Waals surface area contributed by atoms with Crippen molar-refractivity contribution in [2.75, 3.05) is 20.7 Å². The normalized spacial score (nSPS) is 11.8. The van der Waals surface area contributed by atoms with Gasteiger partial charge in [0.15, 0.2) is 0 Å². The van der Waals surface area contributed by atoms with Crippen molar-refractivity contribution in [2.24, 2.45) is 0 Å². The molecule has 1 unspecified atom stereocenters. The largest absolute Gasteiger partial charge is 0.375 e. The van der Waals surface area contributed by atoms with E-state index in [1.165, 1.54) is 5.56 Å². The Morgan fingerprint density at radius 3 is 2.38 bits per heavy atom. The molecule has 0 amide bonds. The van der Waals surface area contributed by atoms with E-state index < -0.39 is 0 Å². The fourth-order valence-corrected chi connectivity index (χ4v) is 1.19. The highest BCUT2D eigenvalue weighted by molar-refractivity contribution is 5.85. The van der Waals surface area contributed by atoms with Crippen molar-refractivity contribution in [2.45, 2.75) is 6.10 Å². The van der Waals surface area contributed by atoms with Crippen LogP contribution in [0.15, 0.2) is 30.3 Å². The van der Waals surface area contributed by atoms with E-state index in [0.29, 0.717) is 0 Å². The summed E-state index contributed by atoms with van der Waals surface area (Å²) in [5.74, 6) is 0.